The number of nitrogens with zero attached hydrogens (tertiary/aromatic N) is 2. The van der Waals surface area contributed by atoms with Crippen LogP contribution in [0.3, 0.4) is 0 Å². The number of aliphatic imine (C=N–C) groups is 1. The van der Waals surface area contributed by atoms with E-state index in [1.165, 1.54) is 24.3 Å². The zero-order valence-electron chi connectivity index (χ0n) is 13.3. The van der Waals surface area contributed by atoms with E-state index < -0.39 is 11.1 Å². The molecule has 113 valence electrons. The summed E-state index contributed by atoms with van der Waals surface area (Å²) >= 11 is 0. The monoisotopic (exact) mass is 278 g/mol. The molecule has 0 spiro atoms. The summed E-state index contributed by atoms with van der Waals surface area (Å²) in [7, 11) is 0. The number of hydrogen-bond donors (Lipinski definition) is 1. The Morgan fingerprint density at radius 1 is 1.25 bits per heavy atom. The van der Waals surface area contributed by atoms with Crippen molar-refractivity contribution in [3.63, 3.8) is 0 Å². The summed E-state index contributed by atoms with van der Waals surface area (Å²) in [4.78, 5) is 4.68. The van der Waals surface area contributed by atoms with Crippen molar-refractivity contribution in [1.82, 2.24) is 5.06 Å². The molecule has 0 aromatic heterocycles. The van der Waals surface area contributed by atoms with Gasteiger partial charge in [-0.3, -0.25) is 0 Å². The van der Waals surface area contributed by atoms with E-state index in [1.54, 1.807) is 0 Å². The molecule has 4 nitrogen and oxygen atoms in total. The summed E-state index contributed by atoms with van der Waals surface area (Å²) in [5.74, 6) is 1.20. The van der Waals surface area contributed by atoms with Crippen LogP contribution in [0.4, 0.5) is 0 Å². The summed E-state index contributed by atoms with van der Waals surface area (Å²) in [6, 6.07) is 0. The summed E-state index contributed by atoms with van der Waals surface area (Å²) < 4.78 is 0. The van der Waals surface area contributed by atoms with Crippen LogP contribution in [0, 0.1) is 5.92 Å². The van der Waals surface area contributed by atoms with Gasteiger partial charge in [-0.15, -0.1) is 10.3 Å². The second-order valence-electron chi connectivity index (χ2n) is 7.44. The molecular formula is C16H28N3O. The Hall–Kier alpha value is -0.870. The van der Waals surface area contributed by atoms with Gasteiger partial charge in [0.15, 0.2) is 0 Å². The molecule has 4 heteroatoms. The zero-order valence-corrected chi connectivity index (χ0v) is 13.3. The summed E-state index contributed by atoms with van der Waals surface area (Å²) in [5.41, 5.74) is 6.23. The quantitative estimate of drug-likeness (QED) is 0.621. The number of rotatable bonds is 2. The Labute approximate surface area is 122 Å². The summed E-state index contributed by atoms with van der Waals surface area (Å²) in [6.45, 7) is 7.82. The van der Waals surface area contributed by atoms with Gasteiger partial charge in [0.2, 0.25) is 0 Å². The minimum Gasteiger partial charge on any atom is -0.387 e. The van der Waals surface area contributed by atoms with Crippen LogP contribution in [0.15, 0.2) is 16.8 Å². The van der Waals surface area contributed by atoms with Crippen LogP contribution < -0.4 is 5.73 Å². The first-order valence-corrected chi connectivity index (χ1v) is 7.76. The first kappa shape index (κ1) is 15.5. The van der Waals surface area contributed by atoms with Gasteiger partial charge >= 0.3 is 0 Å². The van der Waals surface area contributed by atoms with Crippen molar-refractivity contribution in [3.05, 3.63) is 11.8 Å². The lowest BCUT2D eigenvalue weighted by Crippen LogP contribution is -2.54. The number of amidine groups is 1. The topological polar surface area (TPSA) is 61.5 Å². The van der Waals surface area contributed by atoms with Gasteiger partial charge < -0.3 is 5.73 Å². The van der Waals surface area contributed by atoms with Crippen LogP contribution in [0.1, 0.15) is 66.2 Å². The fourth-order valence-electron chi connectivity index (χ4n) is 3.54. The van der Waals surface area contributed by atoms with Gasteiger partial charge in [0.1, 0.15) is 5.84 Å². The molecule has 2 aliphatic rings. The zero-order chi connectivity index (χ0) is 15.0. The minimum absolute atomic E-state index is 0.427. The molecule has 1 radical (unpaired) electrons. The highest BCUT2D eigenvalue weighted by Gasteiger charge is 2.42. The maximum Gasteiger partial charge on any atom is 0.102 e. The molecule has 1 heterocycles. The molecule has 0 saturated heterocycles. The standard InChI is InChI=1S/C16H28N3O/c1-15(2)10-13(11-16(3,4)19(15)20)18-14(17)12-8-6-5-7-9-12/h10,12H,5-9,11H2,1-4H3,(H2,17,18). The van der Waals surface area contributed by atoms with E-state index in [-0.39, 0.29) is 0 Å². The maximum absolute atomic E-state index is 12.3. The predicted molar refractivity (Wildman–Crippen MR) is 81.6 cm³/mol. The molecule has 0 amide bonds. The van der Waals surface area contributed by atoms with E-state index in [2.05, 4.69) is 4.99 Å². The van der Waals surface area contributed by atoms with Crippen LogP contribution in [0.25, 0.3) is 0 Å². The first-order valence-electron chi connectivity index (χ1n) is 7.76. The molecule has 0 unspecified atom stereocenters. The van der Waals surface area contributed by atoms with Crippen LogP contribution in [0.5, 0.6) is 0 Å². The average Bonchev–Trinajstić information content (AvgIpc) is 2.36. The lowest BCUT2D eigenvalue weighted by atomic mass is 9.85. The lowest BCUT2D eigenvalue weighted by Gasteiger charge is -2.44. The highest BCUT2D eigenvalue weighted by molar-refractivity contribution is 5.83. The van der Waals surface area contributed by atoms with Crippen LogP contribution in [0.2, 0.25) is 0 Å². The Balaban J connectivity index is 2.19. The summed E-state index contributed by atoms with van der Waals surface area (Å²) in [5, 5.41) is 13.5. The molecule has 1 aliphatic carbocycles. The molecular weight excluding hydrogens is 250 g/mol. The Morgan fingerprint density at radius 2 is 1.85 bits per heavy atom. The molecule has 1 fully saturated rings. The van der Waals surface area contributed by atoms with E-state index in [0.29, 0.717) is 12.3 Å². The van der Waals surface area contributed by atoms with Gasteiger partial charge in [0.05, 0.1) is 11.1 Å². The third kappa shape index (κ3) is 3.23. The van der Waals surface area contributed by atoms with Crippen molar-refractivity contribution in [1.29, 1.82) is 0 Å². The Bertz CT molecular complexity index is 417. The molecule has 2 rings (SSSR count). The van der Waals surface area contributed by atoms with Crippen molar-refractivity contribution < 1.29 is 5.21 Å². The predicted octanol–water partition coefficient (Wildman–Crippen LogP) is 3.42. The second-order valence-corrected chi connectivity index (χ2v) is 7.44. The number of nitrogens with two attached hydrogens (primary N) is 1. The number of hydrogen-bond acceptors (Lipinski definition) is 2. The van der Waals surface area contributed by atoms with Crippen molar-refractivity contribution in [3.8, 4) is 0 Å². The SMILES string of the molecule is CC1(C)C=C(N=C(N)C2CCCCC2)CC(C)(C)N1[O]. The molecule has 1 saturated carbocycles. The molecule has 20 heavy (non-hydrogen) atoms. The van der Waals surface area contributed by atoms with E-state index in [1.807, 2.05) is 33.8 Å². The minimum atomic E-state index is -0.520. The van der Waals surface area contributed by atoms with Crippen molar-refractivity contribution in [2.75, 3.05) is 0 Å². The van der Waals surface area contributed by atoms with Gasteiger partial charge in [-0.1, -0.05) is 19.3 Å². The highest BCUT2D eigenvalue weighted by atomic mass is 16.5. The smallest absolute Gasteiger partial charge is 0.102 e. The van der Waals surface area contributed by atoms with Gasteiger partial charge in [-0.25, -0.2) is 4.99 Å². The van der Waals surface area contributed by atoms with Crippen molar-refractivity contribution in [2.24, 2.45) is 16.6 Å². The largest absolute Gasteiger partial charge is 0.387 e. The van der Waals surface area contributed by atoms with Crippen molar-refractivity contribution >= 4 is 5.84 Å². The van der Waals surface area contributed by atoms with Crippen LogP contribution in [-0.2, 0) is 5.21 Å². The molecule has 0 aromatic rings. The third-order valence-electron chi connectivity index (χ3n) is 4.50. The second kappa shape index (κ2) is 5.49. The molecule has 1 aliphatic heterocycles. The van der Waals surface area contributed by atoms with E-state index in [4.69, 9.17) is 5.73 Å². The fraction of sp³-hybridized carbons (Fsp3) is 0.812. The van der Waals surface area contributed by atoms with E-state index in [0.717, 1.165) is 24.4 Å². The first-order chi connectivity index (χ1) is 9.22. The Morgan fingerprint density at radius 3 is 2.40 bits per heavy atom. The molecule has 0 atom stereocenters. The van der Waals surface area contributed by atoms with Gasteiger partial charge in [-0.2, -0.15) is 0 Å². The van der Waals surface area contributed by atoms with Gasteiger partial charge in [0.25, 0.3) is 0 Å². The summed E-state index contributed by atoms with van der Waals surface area (Å²) in [6.07, 6.45) is 8.77. The van der Waals surface area contributed by atoms with Gasteiger partial charge in [-0.05, 0) is 46.6 Å². The number of hydroxylamine groups is 2. The fourth-order valence-corrected chi connectivity index (χ4v) is 3.54. The Kier molecular flexibility index (Phi) is 4.26. The van der Waals surface area contributed by atoms with Crippen LogP contribution in [-0.4, -0.2) is 22.0 Å². The van der Waals surface area contributed by atoms with E-state index in [9.17, 15) is 5.21 Å². The highest BCUT2D eigenvalue weighted by Crippen LogP contribution is 2.36. The van der Waals surface area contributed by atoms with Crippen molar-refractivity contribution in [2.45, 2.75) is 77.3 Å². The third-order valence-corrected chi connectivity index (χ3v) is 4.50. The van der Waals surface area contributed by atoms with Gasteiger partial charge in [0, 0.05) is 18.0 Å². The lowest BCUT2D eigenvalue weighted by molar-refractivity contribution is -0.263. The average molecular weight is 278 g/mol. The molecule has 0 aromatic carbocycles. The van der Waals surface area contributed by atoms with E-state index >= 15 is 0 Å². The molecule has 2 N–H and O–H groups in total. The maximum atomic E-state index is 12.3. The van der Waals surface area contributed by atoms with Crippen LogP contribution >= 0.6 is 0 Å². The molecule has 0 bridgehead atoms. The normalized spacial score (nSPS) is 28.2.